The van der Waals surface area contributed by atoms with Crippen molar-refractivity contribution >= 4 is 33.4 Å². The topological polar surface area (TPSA) is 122 Å². The number of rotatable bonds is 7. The van der Waals surface area contributed by atoms with Gasteiger partial charge in [-0.25, -0.2) is 17.9 Å². The van der Waals surface area contributed by atoms with Crippen LogP contribution in [0.2, 0.25) is 5.02 Å². The zero-order chi connectivity index (χ0) is 22.6. The summed E-state index contributed by atoms with van der Waals surface area (Å²) in [5.41, 5.74) is 8.32. The number of carbonyl (C=O) groups excluding carboxylic acids is 1. The van der Waals surface area contributed by atoms with Gasteiger partial charge in [0.2, 0.25) is 10.0 Å². The Labute approximate surface area is 185 Å². The number of carbonyl (C=O) groups is 1. The van der Waals surface area contributed by atoms with Gasteiger partial charge < -0.3 is 10.5 Å². The molecule has 3 rings (SSSR count). The number of amidine groups is 1. The molecule has 3 aromatic carbocycles. The summed E-state index contributed by atoms with van der Waals surface area (Å²) in [4.78, 5) is 12.2. The Morgan fingerprint density at radius 2 is 1.71 bits per heavy atom. The molecule has 4 N–H and O–H groups in total. The van der Waals surface area contributed by atoms with Crippen molar-refractivity contribution in [2.24, 2.45) is 5.73 Å². The quantitative estimate of drug-likeness (QED) is 0.284. The van der Waals surface area contributed by atoms with Gasteiger partial charge in [-0.3, -0.25) is 5.41 Å². The molecule has 0 fully saturated rings. The average Bonchev–Trinajstić information content (AvgIpc) is 2.77. The predicted molar refractivity (Wildman–Crippen MR) is 120 cm³/mol. The average molecular weight is 458 g/mol. The molecule has 160 valence electrons. The Bertz CT molecular complexity index is 1240. The van der Waals surface area contributed by atoms with E-state index in [2.05, 4.69) is 4.72 Å². The smallest absolute Gasteiger partial charge is 0.337 e. The molecule has 0 unspecified atom stereocenters. The third-order valence-corrected chi connectivity index (χ3v) is 6.18. The zero-order valence-electron chi connectivity index (χ0n) is 16.6. The first-order chi connectivity index (χ1) is 14.7. The van der Waals surface area contributed by atoms with E-state index < -0.39 is 16.0 Å². The molecule has 0 aliphatic rings. The molecule has 0 bridgehead atoms. The Morgan fingerprint density at radius 1 is 1.03 bits per heavy atom. The van der Waals surface area contributed by atoms with Crippen molar-refractivity contribution in [3.8, 4) is 11.1 Å². The third-order valence-electron chi connectivity index (χ3n) is 4.51. The van der Waals surface area contributed by atoms with Gasteiger partial charge in [0.15, 0.2) is 0 Å². The minimum absolute atomic E-state index is 0.0464. The van der Waals surface area contributed by atoms with E-state index in [4.69, 9.17) is 27.5 Å². The fourth-order valence-corrected chi connectivity index (χ4v) is 4.08. The van der Waals surface area contributed by atoms with E-state index in [1.807, 2.05) is 6.07 Å². The Balaban J connectivity index is 1.95. The van der Waals surface area contributed by atoms with Gasteiger partial charge in [-0.05, 0) is 65.2 Å². The maximum absolute atomic E-state index is 12.6. The van der Waals surface area contributed by atoms with Gasteiger partial charge in [0.1, 0.15) is 5.84 Å². The standard InChI is InChI=1S/C22H20ClN3O4S/c1-30-22(27)18-10-14(13-26-31(28,29)20-7-5-19(23)6-8-20)9-17(12-18)15-3-2-4-16(11-15)21(24)25/h2-12,26H,13H2,1H3,(H3,24,25). The summed E-state index contributed by atoms with van der Waals surface area (Å²) in [7, 11) is -2.51. The number of hydrogen-bond acceptors (Lipinski definition) is 5. The number of nitrogens with two attached hydrogens (primary N) is 1. The van der Waals surface area contributed by atoms with Crippen LogP contribution in [0.1, 0.15) is 21.5 Å². The fourth-order valence-electron chi connectivity index (χ4n) is 2.94. The second-order valence-electron chi connectivity index (χ2n) is 6.68. The molecule has 0 aliphatic carbocycles. The predicted octanol–water partition coefficient (Wildman–Crippen LogP) is 3.56. The monoisotopic (exact) mass is 457 g/mol. The highest BCUT2D eigenvalue weighted by Gasteiger charge is 2.16. The molecule has 0 aromatic heterocycles. The first-order valence-corrected chi connectivity index (χ1v) is 11.0. The molecule has 31 heavy (non-hydrogen) atoms. The molecule has 9 heteroatoms. The third kappa shape index (κ3) is 5.49. The lowest BCUT2D eigenvalue weighted by Gasteiger charge is -2.12. The summed E-state index contributed by atoms with van der Waals surface area (Å²) in [6, 6.07) is 17.8. The first-order valence-electron chi connectivity index (χ1n) is 9.12. The van der Waals surface area contributed by atoms with Gasteiger partial charge in [-0.1, -0.05) is 29.8 Å². The normalized spacial score (nSPS) is 11.2. The second-order valence-corrected chi connectivity index (χ2v) is 8.89. The number of sulfonamides is 1. The van der Waals surface area contributed by atoms with Crippen molar-refractivity contribution in [3.63, 3.8) is 0 Å². The zero-order valence-corrected chi connectivity index (χ0v) is 18.1. The van der Waals surface area contributed by atoms with E-state index in [1.54, 1.807) is 36.4 Å². The Hall–Kier alpha value is -3.20. The first kappa shape index (κ1) is 22.5. The van der Waals surface area contributed by atoms with Crippen LogP contribution in [0.15, 0.2) is 71.6 Å². The summed E-state index contributed by atoms with van der Waals surface area (Å²) in [5.74, 6) is -0.631. The van der Waals surface area contributed by atoms with Crippen molar-refractivity contribution < 1.29 is 17.9 Å². The fraction of sp³-hybridized carbons (Fsp3) is 0.0909. The molecule has 0 radical (unpaired) electrons. The number of nitrogen functional groups attached to an aromatic ring is 1. The van der Waals surface area contributed by atoms with E-state index in [9.17, 15) is 13.2 Å². The number of methoxy groups -OCH3 is 1. The van der Waals surface area contributed by atoms with Crippen LogP contribution in [0, 0.1) is 5.41 Å². The maximum atomic E-state index is 12.6. The second kappa shape index (κ2) is 9.30. The Morgan fingerprint density at radius 3 is 2.35 bits per heavy atom. The number of nitrogens with one attached hydrogen (secondary N) is 2. The number of hydrogen-bond donors (Lipinski definition) is 3. The van der Waals surface area contributed by atoms with E-state index in [1.165, 1.54) is 31.4 Å². The highest BCUT2D eigenvalue weighted by molar-refractivity contribution is 7.89. The van der Waals surface area contributed by atoms with Crippen molar-refractivity contribution in [1.82, 2.24) is 4.72 Å². The lowest BCUT2D eigenvalue weighted by atomic mass is 9.98. The highest BCUT2D eigenvalue weighted by atomic mass is 35.5. The molecular formula is C22H20ClN3O4S. The van der Waals surface area contributed by atoms with Gasteiger partial charge in [-0.15, -0.1) is 0 Å². The number of ether oxygens (including phenoxy) is 1. The lowest BCUT2D eigenvalue weighted by molar-refractivity contribution is 0.0600. The summed E-state index contributed by atoms with van der Waals surface area (Å²) in [5, 5.41) is 8.06. The number of halogens is 1. The van der Waals surface area contributed by atoms with Crippen LogP contribution in [-0.4, -0.2) is 27.3 Å². The van der Waals surface area contributed by atoms with E-state index in [-0.39, 0.29) is 22.8 Å². The lowest BCUT2D eigenvalue weighted by Crippen LogP contribution is -2.23. The van der Waals surface area contributed by atoms with Crippen LogP contribution >= 0.6 is 11.6 Å². The van der Waals surface area contributed by atoms with Crippen LogP contribution in [0.25, 0.3) is 11.1 Å². The molecule has 0 heterocycles. The van der Waals surface area contributed by atoms with Gasteiger partial charge in [0.25, 0.3) is 0 Å². The highest BCUT2D eigenvalue weighted by Crippen LogP contribution is 2.24. The van der Waals surface area contributed by atoms with Crippen LogP contribution in [-0.2, 0) is 21.3 Å². The van der Waals surface area contributed by atoms with Gasteiger partial charge in [-0.2, -0.15) is 0 Å². The molecular weight excluding hydrogens is 438 g/mol. The largest absolute Gasteiger partial charge is 0.465 e. The molecule has 0 aliphatic heterocycles. The van der Waals surface area contributed by atoms with Gasteiger partial charge in [0, 0.05) is 17.1 Å². The minimum atomic E-state index is -3.78. The molecule has 0 saturated heterocycles. The van der Waals surface area contributed by atoms with Crippen LogP contribution in [0.4, 0.5) is 0 Å². The van der Waals surface area contributed by atoms with Crippen LogP contribution in [0.5, 0.6) is 0 Å². The molecule has 0 spiro atoms. The van der Waals surface area contributed by atoms with E-state index >= 15 is 0 Å². The molecule has 7 nitrogen and oxygen atoms in total. The molecule has 3 aromatic rings. The van der Waals surface area contributed by atoms with E-state index in [0.29, 0.717) is 21.7 Å². The molecule has 0 atom stereocenters. The summed E-state index contributed by atoms with van der Waals surface area (Å²) in [6.45, 7) is -0.0464. The minimum Gasteiger partial charge on any atom is -0.465 e. The van der Waals surface area contributed by atoms with Crippen molar-refractivity contribution in [1.29, 1.82) is 5.41 Å². The Kier molecular flexibility index (Phi) is 6.74. The van der Waals surface area contributed by atoms with Gasteiger partial charge >= 0.3 is 5.97 Å². The SMILES string of the molecule is COC(=O)c1cc(CNS(=O)(=O)c2ccc(Cl)cc2)cc(-c2cccc(C(=N)N)c2)c1. The maximum Gasteiger partial charge on any atom is 0.337 e. The van der Waals surface area contributed by atoms with Crippen LogP contribution < -0.4 is 10.5 Å². The van der Waals surface area contributed by atoms with Crippen LogP contribution in [0.3, 0.4) is 0 Å². The van der Waals surface area contributed by atoms with Crippen molar-refractivity contribution in [2.45, 2.75) is 11.4 Å². The summed E-state index contributed by atoms with van der Waals surface area (Å²) < 4.78 is 32.5. The summed E-state index contributed by atoms with van der Waals surface area (Å²) >= 11 is 5.82. The summed E-state index contributed by atoms with van der Waals surface area (Å²) in [6.07, 6.45) is 0. The number of benzene rings is 3. The van der Waals surface area contributed by atoms with Crippen molar-refractivity contribution in [2.75, 3.05) is 7.11 Å². The van der Waals surface area contributed by atoms with E-state index in [0.717, 1.165) is 5.56 Å². The molecule has 0 amide bonds. The van der Waals surface area contributed by atoms with Crippen molar-refractivity contribution in [3.05, 3.63) is 88.4 Å². The molecule has 0 saturated carbocycles. The van der Waals surface area contributed by atoms with Gasteiger partial charge in [0.05, 0.1) is 17.6 Å². The number of esters is 1.